The molecule has 2 unspecified atom stereocenters. The summed E-state index contributed by atoms with van der Waals surface area (Å²) in [5, 5.41) is 2.76. The molecule has 2 aromatic carbocycles. The van der Waals surface area contributed by atoms with Gasteiger partial charge in [-0.25, -0.2) is 0 Å². The number of hydrogen-bond acceptors (Lipinski definition) is 0. The molecule has 0 aliphatic rings. The maximum absolute atomic E-state index is 3.83. The summed E-state index contributed by atoms with van der Waals surface area (Å²) in [6.45, 7) is 0. The molecular weight excluding hydrogens is 366 g/mol. The van der Waals surface area contributed by atoms with E-state index in [-0.39, 0.29) is 12.6 Å². The highest BCUT2D eigenvalue weighted by Crippen LogP contribution is 2.76. The molecule has 2 atom stereocenters. The lowest BCUT2D eigenvalue weighted by molar-refractivity contribution is 1.78. The summed E-state index contributed by atoms with van der Waals surface area (Å²) in [6.07, 6.45) is -0.638. The summed E-state index contributed by atoms with van der Waals surface area (Å²) >= 11 is 7.67. The second-order valence-electron chi connectivity index (χ2n) is 3.19. The Labute approximate surface area is 114 Å². The van der Waals surface area contributed by atoms with Crippen molar-refractivity contribution in [2.75, 3.05) is 0 Å². The van der Waals surface area contributed by atoms with Crippen LogP contribution in [0.5, 0.6) is 0 Å². The summed E-state index contributed by atoms with van der Waals surface area (Å²) in [5.41, 5.74) is 0. The van der Waals surface area contributed by atoms with Crippen LogP contribution in [0.4, 0.5) is 0 Å². The third-order valence-electron chi connectivity index (χ3n) is 2.09. The molecular formula is C12H10Br2P2. The van der Waals surface area contributed by atoms with E-state index in [1.807, 2.05) is 0 Å². The van der Waals surface area contributed by atoms with E-state index in [2.05, 4.69) is 91.6 Å². The third kappa shape index (κ3) is 3.14. The van der Waals surface area contributed by atoms with E-state index in [1.165, 1.54) is 10.6 Å². The fourth-order valence-electron chi connectivity index (χ4n) is 1.30. The molecule has 4 heteroatoms. The van der Waals surface area contributed by atoms with Crippen LogP contribution in [0.3, 0.4) is 0 Å². The highest BCUT2D eigenvalue weighted by Gasteiger charge is 2.18. The van der Waals surface area contributed by atoms with Gasteiger partial charge in [-0.1, -0.05) is 60.7 Å². The Morgan fingerprint density at radius 3 is 1.19 bits per heavy atom. The van der Waals surface area contributed by atoms with Crippen LogP contribution in [0.2, 0.25) is 0 Å². The summed E-state index contributed by atoms with van der Waals surface area (Å²) in [6, 6.07) is 21.2. The smallest absolute Gasteiger partial charge is 0.0361 e. The minimum absolute atomic E-state index is 0.319. The fraction of sp³-hybridized carbons (Fsp3) is 0. The van der Waals surface area contributed by atoms with Gasteiger partial charge < -0.3 is 0 Å². The molecule has 0 bridgehead atoms. The van der Waals surface area contributed by atoms with Gasteiger partial charge in [0, 0.05) is 12.6 Å². The van der Waals surface area contributed by atoms with E-state index < -0.39 is 0 Å². The number of rotatable bonds is 3. The van der Waals surface area contributed by atoms with Gasteiger partial charge in [0.05, 0.1) is 0 Å². The predicted molar refractivity (Wildman–Crippen MR) is 83.8 cm³/mol. The molecule has 82 valence electrons. The zero-order valence-corrected chi connectivity index (χ0v) is 13.4. The third-order valence-corrected chi connectivity index (χ3v) is 18.2. The topological polar surface area (TPSA) is 0 Å². The SMILES string of the molecule is BrP(c1ccccc1)P(Br)c1ccccc1. The first-order valence-electron chi connectivity index (χ1n) is 4.81. The van der Waals surface area contributed by atoms with Crippen LogP contribution in [0.25, 0.3) is 0 Å². The molecule has 0 N–H and O–H groups in total. The average Bonchev–Trinajstić information content (AvgIpc) is 2.39. The summed E-state index contributed by atoms with van der Waals surface area (Å²) in [5.74, 6) is 0. The van der Waals surface area contributed by atoms with Gasteiger partial charge in [0.25, 0.3) is 0 Å². The van der Waals surface area contributed by atoms with Crippen molar-refractivity contribution < 1.29 is 0 Å². The minimum Gasteiger partial charge on any atom is -0.0622 e. The average molecular weight is 376 g/mol. The monoisotopic (exact) mass is 374 g/mol. The maximum atomic E-state index is 3.83. The van der Waals surface area contributed by atoms with E-state index in [4.69, 9.17) is 0 Å². The van der Waals surface area contributed by atoms with Gasteiger partial charge in [-0.15, -0.1) is 0 Å². The molecule has 0 aliphatic carbocycles. The zero-order chi connectivity index (χ0) is 11.4. The molecule has 0 heterocycles. The molecule has 0 amide bonds. The largest absolute Gasteiger partial charge is 0.0622 e. The zero-order valence-electron chi connectivity index (χ0n) is 8.42. The molecule has 0 saturated carbocycles. The first-order valence-corrected chi connectivity index (χ1v) is 12.2. The molecule has 0 radical (unpaired) electrons. The summed E-state index contributed by atoms with van der Waals surface area (Å²) in [7, 11) is 0. The molecule has 2 rings (SSSR count). The van der Waals surface area contributed by atoms with E-state index in [0.717, 1.165) is 0 Å². The molecule has 0 fully saturated rings. The molecule has 16 heavy (non-hydrogen) atoms. The Morgan fingerprint density at radius 1 is 0.562 bits per heavy atom. The van der Waals surface area contributed by atoms with Crippen LogP contribution in [0.15, 0.2) is 60.7 Å². The van der Waals surface area contributed by atoms with Crippen LogP contribution in [-0.4, -0.2) is 0 Å². The van der Waals surface area contributed by atoms with Gasteiger partial charge in [0.2, 0.25) is 0 Å². The molecule has 0 aliphatic heterocycles. The number of hydrogen-bond donors (Lipinski definition) is 0. The van der Waals surface area contributed by atoms with Gasteiger partial charge in [-0.05, 0) is 41.6 Å². The number of halogens is 2. The molecule has 0 nitrogen and oxygen atoms in total. The number of benzene rings is 2. The highest BCUT2D eigenvalue weighted by molar-refractivity contribution is 9.60. The highest BCUT2D eigenvalue weighted by atomic mass is 79.9. The lowest BCUT2D eigenvalue weighted by Gasteiger charge is -2.17. The van der Waals surface area contributed by atoms with Gasteiger partial charge in [0.15, 0.2) is 0 Å². The fourth-order valence-corrected chi connectivity index (χ4v) is 9.28. The maximum Gasteiger partial charge on any atom is 0.0361 e. The van der Waals surface area contributed by atoms with Crippen LogP contribution in [-0.2, 0) is 0 Å². The van der Waals surface area contributed by atoms with Gasteiger partial charge >= 0.3 is 0 Å². The molecule has 0 aromatic heterocycles. The van der Waals surface area contributed by atoms with Crippen molar-refractivity contribution in [3.05, 3.63) is 60.7 Å². The Balaban J connectivity index is 2.20. The first kappa shape index (κ1) is 12.7. The lowest BCUT2D eigenvalue weighted by atomic mass is 10.4. The lowest BCUT2D eigenvalue weighted by Crippen LogP contribution is -1.99. The predicted octanol–water partition coefficient (Wildman–Crippen LogP) is 5.14. The normalized spacial score (nSPS) is 14.4. The quantitative estimate of drug-likeness (QED) is 0.652. The van der Waals surface area contributed by atoms with Crippen LogP contribution in [0, 0.1) is 0 Å². The van der Waals surface area contributed by atoms with Crippen LogP contribution < -0.4 is 10.6 Å². The van der Waals surface area contributed by atoms with E-state index in [0.29, 0.717) is 0 Å². The molecule has 0 spiro atoms. The molecule has 0 saturated heterocycles. The van der Waals surface area contributed by atoms with E-state index >= 15 is 0 Å². The van der Waals surface area contributed by atoms with Crippen LogP contribution in [0.1, 0.15) is 0 Å². The van der Waals surface area contributed by atoms with Gasteiger partial charge in [-0.3, -0.25) is 0 Å². The van der Waals surface area contributed by atoms with Crippen molar-refractivity contribution in [3.8, 4) is 0 Å². The van der Waals surface area contributed by atoms with E-state index in [9.17, 15) is 0 Å². The minimum atomic E-state index is -0.319. The van der Waals surface area contributed by atoms with Gasteiger partial charge in [0.1, 0.15) is 0 Å². The van der Waals surface area contributed by atoms with Gasteiger partial charge in [-0.2, -0.15) is 0 Å². The van der Waals surface area contributed by atoms with Crippen molar-refractivity contribution in [1.82, 2.24) is 0 Å². The summed E-state index contributed by atoms with van der Waals surface area (Å²) < 4.78 is 0. The Hall–Kier alpha value is 0.260. The first-order chi connectivity index (χ1) is 7.79. The van der Waals surface area contributed by atoms with Crippen molar-refractivity contribution in [1.29, 1.82) is 0 Å². The second-order valence-corrected chi connectivity index (χ2v) is 15.2. The standard InChI is InChI=1S/C12H10Br2P2/c13-15(11-7-3-1-4-8-11)16(14)12-9-5-2-6-10-12/h1-10H. The van der Waals surface area contributed by atoms with Crippen molar-refractivity contribution in [2.45, 2.75) is 0 Å². The van der Waals surface area contributed by atoms with Crippen molar-refractivity contribution in [2.24, 2.45) is 0 Å². The Bertz CT molecular complexity index is 390. The Kier molecular flexibility index (Phi) is 4.97. The van der Waals surface area contributed by atoms with Crippen molar-refractivity contribution >= 4 is 54.2 Å². The van der Waals surface area contributed by atoms with Crippen molar-refractivity contribution in [3.63, 3.8) is 0 Å². The molecule has 2 aromatic rings. The Morgan fingerprint density at radius 2 is 0.875 bits per heavy atom. The van der Waals surface area contributed by atoms with E-state index in [1.54, 1.807) is 0 Å². The summed E-state index contributed by atoms with van der Waals surface area (Å²) in [4.78, 5) is 0. The second kappa shape index (κ2) is 6.26. The van der Waals surface area contributed by atoms with Crippen LogP contribution >= 0.6 is 43.6 Å².